The Morgan fingerprint density at radius 3 is 2.93 bits per heavy atom. The van der Waals surface area contributed by atoms with Gasteiger partial charge in [-0.1, -0.05) is 0 Å². The van der Waals surface area contributed by atoms with E-state index in [1.165, 1.54) is 6.07 Å². The molecular weight excluding hydrogens is 182 g/mol. The van der Waals surface area contributed by atoms with Gasteiger partial charge in [-0.15, -0.1) is 0 Å². The average Bonchev–Trinajstić information content (AvgIpc) is 2.65. The van der Waals surface area contributed by atoms with E-state index in [2.05, 4.69) is 4.98 Å². The maximum Gasteiger partial charge on any atom is 0.248 e. The van der Waals surface area contributed by atoms with Crippen molar-refractivity contribution in [2.45, 2.75) is 0 Å². The van der Waals surface area contributed by atoms with Crippen LogP contribution in [0.15, 0.2) is 29.1 Å². The van der Waals surface area contributed by atoms with Gasteiger partial charge >= 0.3 is 0 Å². The molecule has 1 aliphatic heterocycles. The smallest absolute Gasteiger partial charge is 0.248 e. The van der Waals surface area contributed by atoms with E-state index >= 15 is 0 Å². The lowest BCUT2D eigenvalue weighted by Gasteiger charge is -2.00. The third-order valence-electron chi connectivity index (χ3n) is 2.23. The first-order chi connectivity index (χ1) is 6.84. The van der Waals surface area contributed by atoms with E-state index < -0.39 is 0 Å². The maximum absolute atomic E-state index is 11.1. The summed E-state index contributed by atoms with van der Waals surface area (Å²) in [6, 6.07) is 6.97. The zero-order valence-electron chi connectivity index (χ0n) is 7.24. The van der Waals surface area contributed by atoms with Crippen molar-refractivity contribution in [3.63, 3.8) is 0 Å². The molecule has 0 unspecified atom stereocenters. The summed E-state index contributed by atoms with van der Waals surface area (Å²) < 4.78 is 10.5. The highest BCUT2D eigenvalue weighted by molar-refractivity contribution is 5.87. The third kappa shape index (κ3) is 0.907. The fourth-order valence-corrected chi connectivity index (χ4v) is 1.59. The van der Waals surface area contributed by atoms with Gasteiger partial charge in [0.15, 0.2) is 11.5 Å². The second kappa shape index (κ2) is 2.51. The molecule has 0 spiro atoms. The van der Waals surface area contributed by atoms with Gasteiger partial charge < -0.3 is 14.5 Å². The van der Waals surface area contributed by atoms with Crippen LogP contribution in [-0.2, 0) is 0 Å². The molecule has 0 aliphatic carbocycles. The molecule has 3 rings (SSSR count). The number of aromatic amines is 1. The Bertz CT molecular complexity index is 559. The molecule has 0 amide bonds. The minimum absolute atomic E-state index is 0.138. The number of ether oxygens (including phenoxy) is 2. The molecule has 0 saturated carbocycles. The first-order valence-corrected chi connectivity index (χ1v) is 4.26. The van der Waals surface area contributed by atoms with Crippen molar-refractivity contribution >= 4 is 10.9 Å². The molecule has 0 saturated heterocycles. The summed E-state index contributed by atoms with van der Waals surface area (Å²) >= 11 is 0. The molecule has 1 aromatic heterocycles. The number of fused-ring (bicyclic) bond motifs is 3. The predicted octanol–water partition coefficient (Wildman–Crippen LogP) is 1.26. The number of rotatable bonds is 0. The van der Waals surface area contributed by atoms with Crippen LogP contribution in [0, 0.1) is 0 Å². The van der Waals surface area contributed by atoms with Gasteiger partial charge in [-0.3, -0.25) is 4.79 Å². The SMILES string of the molecule is O=c1ccc2ccc3c(c2[nH]1)OCO3. The van der Waals surface area contributed by atoms with Gasteiger partial charge in [-0.25, -0.2) is 0 Å². The maximum atomic E-state index is 11.1. The molecule has 0 radical (unpaired) electrons. The topological polar surface area (TPSA) is 51.3 Å². The van der Waals surface area contributed by atoms with Gasteiger partial charge in [0.2, 0.25) is 12.4 Å². The molecule has 1 aliphatic rings. The summed E-state index contributed by atoms with van der Waals surface area (Å²) in [4.78, 5) is 13.9. The Morgan fingerprint density at radius 1 is 1.14 bits per heavy atom. The molecule has 1 N–H and O–H groups in total. The Morgan fingerprint density at radius 2 is 2.00 bits per heavy atom. The molecule has 0 fully saturated rings. The molecule has 0 atom stereocenters. The monoisotopic (exact) mass is 189 g/mol. The van der Waals surface area contributed by atoms with E-state index in [0.717, 1.165) is 5.39 Å². The first kappa shape index (κ1) is 7.44. The van der Waals surface area contributed by atoms with Crippen LogP contribution >= 0.6 is 0 Å². The number of hydrogen-bond donors (Lipinski definition) is 1. The average molecular weight is 189 g/mol. The quantitative estimate of drug-likeness (QED) is 0.678. The first-order valence-electron chi connectivity index (χ1n) is 4.26. The van der Waals surface area contributed by atoms with E-state index in [9.17, 15) is 4.79 Å². The molecule has 2 aromatic rings. The lowest BCUT2D eigenvalue weighted by Crippen LogP contribution is -2.02. The fraction of sp³-hybridized carbons (Fsp3) is 0.100. The minimum atomic E-state index is -0.138. The predicted molar refractivity (Wildman–Crippen MR) is 50.7 cm³/mol. The molecule has 2 heterocycles. The van der Waals surface area contributed by atoms with Crippen molar-refractivity contribution in [2.24, 2.45) is 0 Å². The van der Waals surface area contributed by atoms with E-state index in [0.29, 0.717) is 17.0 Å². The van der Waals surface area contributed by atoms with Gasteiger partial charge in [0, 0.05) is 11.5 Å². The molecule has 0 bridgehead atoms. The normalized spacial score (nSPS) is 13.4. The van der Waals surface area contributed by atoms with E-state index in [1.807, 2.05) is 12.1 Å². The van der Waals surface area contributed by atoms with Crippen LogP contribution in [0.25, 0.3) is 10.9 Å². The molecule has 4 nitrogen and oxygen atoms in total. The van der Waals surface area contributed by atoms with Crippen LogP contribution in [0.4, 0.5) is 0 Å². The van der Waals surface area contributed by atoms with Gasteiger partial charge in [0.1, 0.15) is 0 Å². The minimum Gasteiger partial charge on any atom is -0.454 e. The Hall–Kier alpha value is -1.97. The molecule has 70 valence electrons. The zero-order valence-corrected chi connectivity index (χ0v) is 7.24. The number of hydrogen-bond acceptors (Lipinski definition) is 3. The summed E-state index contributed by atoms with van der Waals surface area (Å²) in [5, 5.41) is 0.939. The summed E-state index contributed by atoms with van der Waals surface area (Å²) in [6.45, 7) is 0.214. The van der Waals surface area contributed by atoms with E-state index in [1.54, 1.807) is 6.07 Å². The highest BCUT2D eigenvalue weighted by Crippen LogP contribution is 2.37. The molecule has 14 heavy (non-hydrogen) atoms. The summed E-state index contributed by atoms with van der Waals surface area (Å²) in [5.41, 5.74) is 0.564. The van der Waals surface area contributed by atoms with Crippen LogP contribution < -0.4 is 15.0 Å². The van der Waals surface area contributed by atoms with Crippen LogP contribution in [0.5, 0.6) is 11.5 Å². The number of aromatic nitrogens is 1. The van der Waals surface area contributed by atoms with Crippen LogP contribution in [-0.4, -0.2) is 11.8 Å². The van der Waals surface area contributed by atoms with Crippen molar-refractivity contribution in [1.82, 2.24) is 4.98 Å². The lowest BCUT2D eigenvalue weighted by molar-refractivity contribution is 0.174. The van der Waals surface area contributed by atoms with Crippen molar-refractivity contribution < 1.29 is 9.47 Å². The van der Waals surface area contributed by atoms with Crippen LogP contribution in [0.1, 0.15) is 0 Å². The fourth-order valence-electron chi connectivity index (χ4n) is 1.59. The van der Waals surface area contributed by atoms with Gasteiger partial charge in [-0.2, -0.15) is 0 Å². The number of benzene rings is 1. The Labute approximate surface area is 79.1 Å². The highest BCUT2D eigenvalue weighted by atomic mass is 16.7. The van der Waals surface area contributed by atoms with Crippen molar-refractivity contribution in [2.75, 3.05) is 6.79 Å². The standard InChI is InChI=1S/C10H7NO3/c12-8-4-2-6-1-3-7-10(9(6)11-8)14-5-13-7/h1-4H,5H2,(H,11,12). The summed E-state index contributed by atoms with van der Waals surface area (Å²) in [7, 11) is 0. The second-order valence-corrected chi connectivity index (χ2v) is 3.09. The van der Waals surface area contributed by atoms with Gasteiger partial charge in [0.25, 0.3) is 0 Å². The zero-order chi connectivity index (χ0) is 9.54. The van der Waals surface area contributed by atoms with Crippen molar-refractivity contribution in [1.29, 1.82) is 0 Å². The molecule has 1 aromatic carbocycles. The van der Waals surface area contributed by atoms with Crippen molar-refractivity contribution in [3.8, 4) is 11.5 Å². The van der Waals surface area contributed by atoms with Crippen LogP contribution in [0.3, 0.4) is 0 Å². The second-order valence-electron chi connectivity index (χ2n) is 3.09. The Kier molecular flexibility index (Phi) is 1.33. The lowest BCUT2D eigenvalue weighted by atomic mass is 10.2. The van der Waals surface area contributed by atoms with E-state index in [-0.39, 0.29) is 12.4 Å². The number of pyridine rings is 1. The summed E-state index contributed by atoms with van der Waals surface area (Å²) in [6.07, 6.45) is 0. The number of nitrogens with one attached hydrogen (secondary N) is 1. The highest BCUT2D eigenvalue weighted by Gasteiger charge is 2.16. The number of H-pyrrole nitrogens is 1. The van der Waals surface area contributed by atoms with Crippen molar-refractivity contribution in [3.05, 3.63) is 34.6 Å². The van der Waals surface area contributed by atoms with Crippen LogP contribution in [0.2, 0.25) is 0 Å². The van der Waals surface area contributed by atoms with Gasteiger partial charge in [0.05, 0.1) is 5.52 Å². The van der Waals surface area contributed by atoms with E-state index in [4.69, 9.17) is 9.47 Å². The molecular formula is C10H7NO3. The largest absolute Gasteiger partial charge is 0.454 e. The summed E-state index contributed by atoms with van der Waals surface area (Å²) in [5.74, 6) is 1.31. The third-order valence-corrected chi connectivity index (χ3v) is 2.23. The van der Waals surface area contributed by atoms with Gasteiger partial charge in [-0.05, 0) is 18.2 Å². The Balaban J connectivity index is 2.47. The molecule has 4 heteroatoms.